The van der Waals surface area contributed by atoms with Crippen LogP contribution in [0.25, 0.3) is 11.4 Å². The topological polar surface area (TPSA) is 64.2 Å². The van der Waals surface area contributed by atoms with Gasteiger partial charge in [-0.3, -0.25) is 4.79 Å². The summed E-state index contributed by atoms with van der Waals surface area (Å²) in [6.07, 6.45) is 2.53. The van der Waals surface area contributed by atoms with Crippen LogP contribution >= 0.6 is 11.8 Å². The molecule has 0 atom stereocenters. The Bertz CT molecular complexity index is 900. The number of benzene rings is 1. The molecule has 0 radical (unpaired) electrons. The van der Waals surface area contributed by atoms with Crippen molar-refractivity contribution in [3.05, 3.63) is 54.0 Å². The van der Waals surface area contributed by atoms with Gasteiger partial charge < -0.3 is 13.9 Å². The van der Waals surface area contributed by atoms with Crippen LogP contribution in [0.3, 0.4) is 0 Å². The molecule has 2 heterocycles. The van der Waals surface area contributed by atoms with Gasteiger partial charge in [-0.15, -0.1) is 10.2 Å². The molecule has 0 spiro atoms. The Morgan fingerprint density at radius 1 is 1.14 bits per heavy atom. The molecular weight excluding hydrogens is 372 g/mol. The van der Waals surface area contributed by atoms with E-state index in [9.17, 15) is 4.79 Å². The molecule has 148 valence electrons. The second kappa shape index (κ2) is 9.59. The average molecular weight is 399 g/mol. The minimum absolute atomic E-state index is 0.119. The van der Waals surface area contributed by atoms with E-state index in [1.807, 2.05) is 49.9 Å². The van der Waals surface area contributed by atoms with Gasteiger partial charge in [-0.25, -0.2) is 0 Å². The molecule has 0 unspecified atom stereocenters. The number of carbonyl (C=O) groups excluding carboxylic acids is 1. The lowest BCUT2D eigenvalue weighted by Crippen LogP contribution is -2.31. The van der Waals surface area contributed by atoms with Crippen LogP contribution in [0.4, 0.5) is 0 Å². The molecule has 0 bridgehead atoms. The fraction of sp³-hybridized carbons (Fsp3) is 0.381. The number of rotatable bonds is 9. The first-order chi connectivity index (χ1) is 13.6. The molecule has 28 heavy (non-hydrogen) atoms. The Kier molecular flexibility index (Phi) is 6.92. The molecule has 0 aliphatic rings. The summed E-state index contributed by atoms with van der Waals surface area (Å²) in [5.41, 5.74) is 2.18. The Labute approximate surface area is 169 Å². The zero-order valence-corrected chi connectivity index (χ0v) is 17.4. The molecule has 1 amide bonds. The lowest BCUT2D eigenvalue weighted by Gasteiger charge is -2.18. The minimum Gasteiger partial charge on any atom is -0.469 e. The second-order valence-electron chi connectivity index (χ2n) is 6.44. The lowest BCUT2D eigenvalue weighted by atomic mass is 10.1. The highest BCUT2D eigenvalue weighted by Crippen LogP contribution is 2.27. The number of thioether (sulfide) groups is 1. The van der Waals surface area contributed by atoms with Gasteiger partial charge in [-0.05, 0) is 38.8 Å². The maximum Gasteiger partial charge on any atom is 0.233 e. The Morgan fingerprint density at radius 2 is 1.89 bits per heavy atom. The predicted molar refractivity (Wildman–Crippen MR) is 111 cm³/mol. The molecule has 7 heteroatoms. The van der Waals surface area contributed by atoms with Crippen molar-refractivity contribution in [3.8, 4) is 11.4 Å². The van der Waals surface area contributed by atoms with E-state index in [1.54, 1.807) is 6.26 Å². The number of aryl methyl sites for hydroxylation is 2. The minimum atomic E-state index is 0.119. The fourth-order valence-corrected chi connectivity index (χ4v) is 3.96. The summed E-state index contributed by atoms with van der Waals surface area (Å²) in [6.45, 7) is 8.08. The van der Waals surface area contributed by atoms with Gasteiger partial charge in [0.05, 0.1) is 17.6 Å². The largest absolute Gasteiger partial charge is 0.469 e. The van der Waals surface area contributed by atoms with Gasteiger partial charge in [0, 0.05) is 19.6 Å². The monoisotopic (exact) mass is 398 g/mol. The van der Waals surface area contributed by atoms with Crippen LogP contribution in [0, 0.1) is 6.92 Å². The van der Waals surface area contributed by atoms with Crippen molar-refractivity contribution in [1.29, 1.82) is 0 Å². The third kappa shape index (κ3) is 4.65. The molecule has 3 rings (SSSR count). The van der Waals surface area contributed by atoms with Gasteiger partial charge in [0.1, 0.15) is 5.76 Å². The molecule has 0 saturated carbocycles. The van der Waals surface area contributed by atoms with Crippen molar-refractivity contribution in [3.63, 3.8) is 0 Å². The first-order valence-corrected chi connectivity index (χ1v) is 10.5. The third-order valence-corrected chi connectivity index (χ3v) is 5.68. The molecule has 0 saturated heterocycles. The molecule has 0 aliphatic heterocycles. The SMILES string of the molecule is CCN(CC)C(=O)CSc1nnc(-c2ccoc2C)n1CCc1ccccc1. The first kappa shape index (κ1) is 20.2. The summed E-state index contributed by atoms with van der Waals surface area (Å²) in [5.74, 6) is 2.06. The molecule has 6 nitrogen and oxygen atoms in total. The maximum atomic E-state index is 12.4. The molecule has 3 aromatic rings. The summed E-state index contributed by atoms with van der Waals surface area (Å²) in [7, 11) is 0. The summed E-state index contributed by atoms with van der Waals surface area (Å²) in [5, 5.41) is 9.53. The highest BCUT2D eigenvalue weighted by molar-refractivity contribution is 7.99. The molecule has 0 N–H and O–H groups in total. The van der Waals surface area contributed by atoms with E-state index in [2.05, 4.69) is 26.9 Å². The fourth-order valence-electron chi connectivity index (χ4n) is 3.09. The van der Waals surface area contributed by atoms with Crippen molar-refractivity contribution in [1.82, 2.24) is 19.7 Å². The molecule has 0 fully saturated rings. The van der Waals surface area contributed by atoms with Crippen molar-refractivity contribution >= 4 is 17.7 Å². The number of aromatic nitrogens is 3. The van der Waals surface area contributed by atoms with Crippen LogP contribution in [-0.4, -0.2) is 44.4 Å². The zero-order valence-electron chi connectivity index (χ0n) is 16.6. The number of hydrogen-bond acceptors (Lipinski definition) is 5. The summed E-state index contributed by atoms with van der Waals surface area (Å²) >= 11 is 1.44. The predicted octanol–water partition coefficient (Wildman–Crippen LogP) is 4.05. The normalized spacial score (nSPS) is 11.0. The van der Waals surface area contributed by atoms with E-state index in [0.29, 0.717) is 5.75 Å². The van der Waals surface area contributed by atoms with Gasteiger partial charge in [-0.1, -0.05) is 42.1 Å². The van der Waals surface area contributed by atoms with E-state index in [-0.39, 0.29) is 5.91 Å². The van der Waals surface area contributed by atoms with Crippen molar-refractivity contribution < 1.29 is 9.21 Å². The van der Waals surface area contributed by atoms with Gasteiger partial charge in [0.15, 0.2) is 11.0 Å². The van der Waals surface area contributed by atoms with Gasteiger partial charge >= 0.3 is 0 Å². The quantitative estimate of drug-likeness (QED) is 0.509. The molecular formula is C21H26N4O2S. The molecule has 0 aliphatic carbocycles. The van der Waals surface area contributed by atoms with Crippen LogP contribution in [0.5, 0.6) is 0 Å². The van der Waals surface area contributed by atoms with E-state index >= 15 is 0 Å². The van der Waals surface area contributed by atoms with Crippen LogP contribution in [0.2, 0.25) is 0 Å². The van der Waals surface area contributed by atoms with E-state index in [1.165, 1.54) is 17.3 Å². The van der Waals surface area contributed by atoms with Crippen molar-refractivity contribution in [2.45, 2.75) is 38.9 Å². The zero-order chi connectivity index (χ0) is 19.9. The highest BCUT2D eigenvalue weighted by Gasteiger charge is 2.19. The summed E-state index contributed by atoms with van der Waals surface area (Å²) in [6, 6.07) is 12.2. The van der Waals surface area contributed by atoms with Crippen LogP contribution in [-0.2, 0) is 17.8 Å². The lowest BCUT2D eigenvalue weighted by molar-refractivity contribution is -0.127. The average Bonchev–Trinajstić information content (AvgIpc) is 3.31. The highest BCUT2D eigenvalue weighted by atomic mass is 32.2. The van der Waals surface area contributed by atoms with E-state index in [4.69, 9.17) is 4.42 Å². The van der Waals surface area contributed by atoms with Crippen LogP contribution in [0.15, 0.2) is 52.2 Å². The second-order valence-corrected chi connectivity index (χ2v) is 7.38. The van der Waals surface area contributed by atoms with Gasteiger partial charge in [-0.2, -0.15) is 0 Å². The number of nitrogens with zero attached hydrogens (tertiary/aromatic N) is 4. The number of carbonyl (C=O) groups is 1. The van der Waals surface area contributed by atoms with Crippen molar-refractivity contribution in [2.75, 3.05) is 18.8 Å². The van der Waals surface area contributed by atoms with Gasteiger partial charge in [0.2, 0.25) is 5.91 Å². The molecule has 2 aromatic heterocycles. The Morgan fingerprint density at radius 3 is 2.54 bits per heavy atom. The first-order valence-electron chi connectivity index (χ1n) is 9.56. The standard InChI is InChI=1S/C21H26N4O2S/c1-4-24(5-2)19(26)15-28-21-23-22-20(18-12-14-27-16(18)3)25(21)13-11-17-9-7-6-8-10-17/h6-10,12,14H,4-5,11,13,15H2,1-3H3. The number of amides is 1. The Balaban J connectivity index is 1.82. The smallest absolute Gasteiger partial charge is 0.233 e. The summed E-state index contributed by atoms with van der Waals surface area (Å²) < 4.78 is 7.54. The van der Waals surface area contributed by atoms with E-state index < -0.39 is 0 Å². The number of hydrogen-bond donors (Lipinski definition) is 0. The Hall–Kier alpha value is -2.54. The maximum absolute atomic E-state index is 12.4. The third-order valence-electron chi connectivity index (χ3n) is 4.72. The van der Waals surface area contributed by atoms with E-state index in [0.717, 1.165) is 48.4 Å². The van der Waals surface area contributed by atoms with Crippen molar-refractivity contribution in [2.24, 2.45) is 0 Å². The van der Waals surface area contributed by atoms with Gasteiger partial charge in [0.25, 0.3) is 0 Å². The summed E-state index contributed by atoms with van der Waals surface area (Å²) in [4.78, 5) is 14.2. The van der Waals surface area contributed by atoms with Crippen LogP contribution in [0.1, 0.15) is 25.2 Å². The molecule has 1 aromatic carbocycles. The van der Waals surface area contributed by atoms with Crippen LogP contribution < -0.4 is 0 Å². The number of furan rings is 1.